The summed E-state index contributed by atoms with van der Waals surface area (Å²) in [6.07, 6.45) is 1.79. The third-order valence-corrected chi connectivity index (χ3v) is 5.76. The Labute approximate surface area is 124 Å². The summed E-state index contributed by atoms with van der Waals surface area (Å²) in [5.41, 5.74) is 9.39. The van der Waals surface area contributed by atoms with E-state index < -0.39 is 9.84 Å². The minimum Gasteiger partial charge on any atom is -0.397 e. The van der Waals surface area contributed by atoms with Crippen molar-refractivity contribution in [3.63, 3.8) is 0 Å². The molecule has 3 N–H and O–H groups in total. The number of hydrogen-bond donors (Lipinski definition) is 2. The van der Waals surface area contributed by atoms with E-state index in [0.717, 1.165) is 16.9 Å². The standard InChI is InChI=1S/C14H19N3O3S/c15-11-9-12-10(2-3-14(18)16-12)8-13(11)17-4-1-6-21(19,20)7-5-17/h8-9H,1-7,15H2,(H,16,18). The van der Waals surface area contributed by atoms with E-state index in [0.29, 0.717) is 38.0 Å². The van der Waals surface area contributed by atoms with Gasteiger partial charge in [0.2, 0.25) is 5.91 Å². The molecular weight excluding hydrogens is 290 g/mol. The van der Waals surface area contributed by atoms with Crippen LogP contribution in [0.25, 0.3) is 0 Å². The molecule has 0 spiro atoms. The zero-order valence-electron chi connectivity index (χ0n) is 11.8. The second-order valence-corrected chi connectivity index (χ2v) is 7.91. The fourth-order valence-corrected chi connectivity index (χ4v) is 4.16. The van der Waals surface area contributed by atoms with Crippen LogP contribution in [0.1, 0.15) is 18.4 Å². The van der Waals surface area contributed by atoms with Gasteiger partial charge in [0.05, 0.1) is 22.9 Å². The molecule has 21 heavy (non-hydrogen) atoms. The second kappa shape index (κ2) is 5.22. The number of amides is 1. The molecule has 0 aromatic heterocycles. The monoisotopic (exact) mass is 309 g/mol. The van der Waals surface area contributed by atoms with Crippen molar-refractivity contribution in [3.05, 3.63) is 17.7 Å². The lowest BCUT2D eigenvalue weighted by Crippen LogP contribution is -2.28. The van der Waals surface area contributed by atoms with Crippen LogP contribution in [-0.2, 0) is 21.1 Å². The van der Waals surface area contributed by atoms with E-state index in [-0.39, 0.29) is 17.4 Å². The van der Waals surface area contributed by atoms with Crippen molar-refractivity contribution in [2.75, 3.05) is 40.5 Å². The van der Waals surface area contributed by atoms with Crippen LogP contribution in [0, 0.1) is 0 Å². The van der Waals surface area contributed by atoms with Gasteiger partial charge < -0.3 is 16.0 Å². The summed E-state index contributed by atoms with van der Waals surface area (Å²) in [6, 6.07) is 3.77. The first-order chi connectivity index (χ1) is 9.94. The van der Waals surface area contributed by atoms with Gasteiger partial charge in [0.1, 0.15) is 0 Å². The molecule has 0 saturated carbocycles. The molecule has 0 atom stereocenters. The first-order valence-electron chi connectivity index (χ1n) is 7.12. The van der Waals surface area contributed by atoms with Crippen molar-refractivity contribution >= 4 is 32.8 Å². The summed E-state index contributed by atoms with van der Waals surface area (Å²) in [5.74, 6) is 0.417. The maximum atomic E-state index is 11.7. The average molecular weight is 309 g/mol. The SMILES string of the molecule is Nc1cc2c(cc1N1CCCS(=O)(=O)CC1)CCC(=O)N2. The van der Waals surface area contributed by atoms with E-state index in [1.807, 2.05) is 11.0 Å². The summed E-state index contributed by atoms with van der Waals surface area (Å²) in [4.78, 5) is 13.4. The molecule has 1 aromatic rings. The zero-order valence-corrected chi connectivity index (χ0v) is 12.6. The van der Waals surface area contributed by atoms with E-state index in [9.17, 15) is 13.2 Å². The van der Waals surface area contributed by atoms with Gasteiger partial charge in [0, 0.05) is 25.2 Å². The van der Waals surface area contributed by atoms with E-state index in [1.54, 1.807) is 6.07 Å². The second-order valence-electron chi connectivity index (χ2n) is 5.61. The molecule has 7 heteroatoms. The van der Waals surface area contributed by atoms with Crippen molar-refractivity contribution in [1.29, 1.82) is 0 Å². The van der Waals surface area contributed by atoms with Gasteiger partial charge in [-0.15, -0.1) is 0 Å². The summed E-state index contributed by atoms with van der Waals surface area (Å²) in [6.45, 7) is 1.16. The Morgan fingerprint density at radius 2 is 1.95 bits per heavy atom. The molecule has 114 valence electrons. The molecule has 0 radical (unpaired) electrons. The van der Waals surface area contributed by atoms with Crippen LogP contribution in [-0.4, -0.2) is 38.9 Å². The lowest BCUT2D eigenvalue weighted by Gasteiger charge is -2.27. The van der Waals surface area contributed by atoms with Gasteiger partial charge in [-0.2, -0.15) is 0 Å². The van der Waals surface area contributed by atoms with E-state index in [4.69, 9.17) is 5.73 Å². The van der Waals surface area contributed by atoms with Crippen molar-refractivity contribution in [2.45, 2.75) is 19.3 Å². The molecule has 3 rings (SSSR count). The minimum atomic E-state index is -2.94. The number of rotatable bonds is 1. The molecule has 1 amide bonds. The zero-order chi connectivity index (χ0) is 15.0. The lowest BCUT2D eigenvalue weighted by molar-refractivity contribution is -0.116. The molecule has 0 aliphatic carbocycles. The van der Waals surface area contributed by atoms with Crippen molar-refractivity contribution < 1.29 is 13.2 Å². The molecule has 6 nitrogen and oxygen atoms in total. The lowest BCUT2D eigenvalue weighted by atomic mass is 10.0. The van der Waals surface area contributed by atoms with Crippen molar-refractivity contribution in [3.8, 4) is 0 Å². The molecule has 0 unspecified atom stereocenters. The summed E-state index contributed by atoms with van der Waals surface area (Å²) >= 11 is 0. The number of carbonyl (C=O) groups excluding carboxylic acids is 1. The predicted molar refractivity (Wildman–Crippen MR) is 83.3 cm³/mol. The Kier molecular flexibility index (Phi) is 3.52. The minimum absolute atomic E-state index is 0.00974. The Balaban J connectivity index is 1.90. The highest BCUT2D eigenvalue weighted by molar-refractivity contribution is 7.91. The van der Waals surface area contributed by atoms with Crippen LogP contribution in [0.5, 0.6) is 0 Å². The van der Waals surface area contributed by atoms with Crippen LogP contribution >= 0.6 is 0 Å². The number of hydrogen-bond acceptors (Lipinski definition) is 5. The predicted octanol–water partition coefficient (Wildman–Crippen LogP) is 0.778. The van der Waals surface area contributed by atoms with Crippen molar-refractivity contribution in [1.82, 2.24) is 0 Å². The molecule has 0 bridgehead atoms. The fraction of sp³-hybridized carbons (Fsp3) is 0.500. The van der Waals surface area contributed by atoms with Gasteiger partial charge >= 0.3 is 0 Å². The highest BCUT2D eigenvalue weighted by Gasteiger charge is 2.23. The molecule has 2 heterocycles. The number of nitrogens with zero attached hydrogens (tertiary/aromatic N) is 1. The van der Waals surface area contributed by atoms with Gasteiger partial charge in [0.15, 0.2) is 9.84 Å². The van der Waals surface area contributed by atoms with Gasteiger partial charge in [-0.25, -0.2) is 8.42 Å². The highest BCUT2D eigenvalue weighted by atomic mass is 32.2. The van der Waals surface area contributed by atoms with E-state index in [2.05, 4.69) is 5.32 Å². The molecule has 1 fully saturated rings. The molecule has 1 saturated heterocycles. The number of aryl methyl sites for hydroxylation is 1. The Bertz CT molecular complexity index is 685. The quantitative estimate of drug-likeness (QED) is 0.748. The number of nitrogen functional groups attached to an aromatic ring is 1. The fourth-order valence-electron chi connectivity index (χ4n) is 2.89. The molecule has 2 aliphatic rings. The van der Waals surface area contributed by atoms with Crippen LogP contribution in [0.15, 0.2) is 12.1 Å². The number of sulfone groups is 1. The maximum Gasteiger partial charge on any atom is 0.224 e. The van der Waals surface area contributed by atoms with E-state index >= 15 is 0 Å². The van der Waals surface area contributed by atoms with Gasteiger partial charge in [-0.05, 0) is 30.5 Å². The maximum absolute atomic E-state index is 11.7. The summed E-state index contributed by atoms with van der Waals surface area (Å²) in [5, 5.41) is 2.82. The Morgan fingerprint density at radius 1 is 1.14 bits per heavy atom. The van der Waals surface area contributed by atoms with Crippen LogP contribution in [0.2, 0.25) is 0 Å². The van der Waals surface area contributed by atoms with Gasteiger partial charge in [-0.1, -0.05) is 0 Å². The Morgan fingerprint density at radius 3 is 2.76 bits per heavy atom. The largest absolute Gasteiger partial charge is 0.397 e. The molecule has 2 aliphatic heterocycles. The summed E-state index contributed by atoms with van der Waals surface area (Å²) < 4.78 is 23.4. The highest BCUT2D eigenvalue weighted by Crippen LogP contribution is 2.33. The average Bonchev–Trinajstić information content (AvgIpc) is 2.59. The number of nitrogens with two attached hydrogens (primary N) is 1. The van der Waals surface area contributed by atoms with E-state index in [1.165, 1.54) is 0 Å². The van der Waals surface area contributed by atoms with Gasteiger partial charge in [0.25, 0.3) is 0 Å². The molecule has 1 aromatic carbocycles. The Hall–Kier alpha value is -1.76. The number of benzene rings is 1. The van der Waals surface area contributed by atoms with Gasteiger partial charge in [-0.3, -0.25) is 4.79 Å². The first kappa shape index (κ1) is 14.2. The van der Waals surface area contributed by atoms with Crippen LogP contribution < -0.4 is 16.0 Å². The smallest absolute Gasteiger partial charge is 0.224 e. The number of anilines is 3. The first-order valence-corrected chi connectivity index (χ1v) is 8.94. The number of nitrogens with one attached hydrogen (secondary N) is 1. The number of fused-ring (bicyclic) bond motifs is 1. The third-order valence-electron chi connectivity index (χ3n) is 4.04. The number of carbonyl (C=O) groups is 1. The van der Waals surface area contributed by atoms with Crippen LogP contribution in [0.3, 0.4) is 0 Å². The molecular formula is C14H19N3O3S. The van der Waals surface area contributed by atoms with Crippen LogP contribution in [0.4, 0.5) is 17.1 Å². The normalized spacial score (nSPS) is 21.3. The third kappa shape index (κ3) is 2.97. The summed E-state index contributed by atoms with van der Waals surface area (Å²) in [7, 11) is -2.94. The topological polar surface area (TPSA) is 92.5 Å². The van der Waals surface area contributed by atoms with Crippen molar-refractivity contribution in [2.24, 2.45) is 0 Å².